The second kappa shape index (κ2) is 2.82. The minimum atomic E-state index is -0.749. The Hall–Kier alpha value is -1.86. The van der Waals surface area contributed by atoms with Crippen LogP contribution >= 0.6 is 0 Å². The first kappa shape index (κ1) is 7.25. The zero-order valence-electron chi connectivity index (χ0n) is 5.46. The van der Waals surface area contributed by atoms with Gasteiger partial charge in [0.2, 0.25) is 0 Å². The van der Waals surface area contributed by atoms with E-state index in [0.717, 1.165) is 0 Å². The molecule has 1 aromatic rings. The summed E-state index contributed by atoms with van der Waals surface area (Å²) in [6, 6.07) is 0. The van der Waals surface area contributed by atoms with Crippen molar-refractivity contribution in [2.75, 3.05) is 7.05 Å². The molecule has 0 saturated carbocycles. The lowest BCUT2D eigenvalue weighted by Crippen LogP contribution is -1.86. The van der Waals surface area contributed by atoms with Gasteiger partial charge in [0.15, 0.2) is 5.16 Å². The summed E-state index contributed by atoms with van der Waals surface area (Å²) >= 11 is 0. The predicted octanol–water partition coefficient (Wildman–Crippen LogP) is 0.691. The zero-order valence-corrected chi connectivity index (χ0v) is 5.46. The van der Waals surface area contributed by atoms with Gasteiger partial charge in [0.1, 0.15) is 0 Å². The van der Waals surface area contributed by atoms with Gasteiger partial charge >= 0.3 is 11.6 Å². The maximum atomic E-state index is 10.1. The molecule has 0 N–H and O–H groups in total. The molecule has 11 heavy (non-hydrogen) atoms. The van der Waals surface area contributed by atoms with Gasteiger partial charge in [0.25, 0.3) is 0 Å². The fraction of sp³-hybridized carbons (Fsp3) is 0.333. The Morgan fingerprint density at radius 1 is 1.64 bits per heavy atom. The molecule has 0 spiro atoms. The quantitative estimate of drug-likeness (QED) is 0.356. The summed E-state index contributed by atoms with van der Waals surface area (Å²) in [5.41, 5.74) is 0. The first-order valence-corrected chi connectivity index (χ1v) is 2.52. The SMILES string of the molecule is C/N=N\c1nonc1[N+](=O)[O-]. The molecule has 0 aliphatic carbocycles. The molecule has 58 valence electrons. The van der Waals surface area contributed by atoms with Crippen molar-refractivity contribution in [3.8, 4) is 0 Å². The van der Waals surface area contributed by atoms with Crippen molar-refractivity contribution < 1.29 is 9.55 Å². The van der Waals surface area contributed by atoms with Crippen LogP contribution in [0.15, 0.2) is 14.9 Å². The number of nitro groups is 1. The average molecular weight is 157 g/mol. The molecule has 0 amide bonds. The minimum Gasteiger partial charge on any atom is -0.358 e. The van der Waals surface area contributed by atoms with Crippen LogP contribution in [0.5, 0.6) is 0 Å². The van der Waals surface area contributed by atoms with Crippen LogP contribution in [-0.4, -0.2) is 22.3 Å². The van der Waals surface area contributed by atoms with Crippen LogP contribution in [0, 0.1) is 10.1 Å². The van der Waals surface area contributed by atoms with Gasteiger partial charge in [0, 0.05) is 12.2 Å². The highest BCUT2D eigenvalue weighted by Crippen LogP contribution is 2.20. The molecule has 0 aliphatic heterocycles. The summed E-state index contributed by atoms with van der Waals surface area (Å²) in [7, 11) is 1.36. The number of hydrogen-bond donors (Lipinski definition) is 0. The van der Waals surface area contributed by atoms with Gasteiger partial charge in [-0.05, 0) is 4.92 Å². The molecule has 1 heterocycles. The molecule has 0 unspecified atom stereocenters. The number of azo groups is 1. The second-order valence-corrected chi connectivity index (χ2v) is 1.47. The summed E-state index contributed by atoms with van der Waals surface area (Å²) in [6.07, 6.45) is 0. The highest BCUT2D eigenvalue weighted by atomic mass is 16.6. The molecule has 0 aromatic carbocycles. The van der Waals surface area contributed by atoms with Crippen molar-refractivity contribution in [3.05, 3.63) is 10.1 Å². The molecule has 0 radical (unpaired) electrons. The summed E-state index contributed by atoms with van der Waals surface area (Å²) in [4.78, 5) is 9.35. The lowest BCUT2D eigenvalue weighted by atomic mass is 10.7. The van der Waals surface area contributed by atoms with Crippen molar-refractivity contribution in [3.63, 3.8) is 0 Å². The molecule has 0 atom stereocenters. The van der Waals surface area contributed by atoms with Gasteiger partial charge in [-0.15, -0.1) is 9.74 Å². The standard InChI is InChI=1S/C3H3N5O3/c1-4-5-2-3(8(9)10)7-11-6-2/h1H3/b5-4-. The third-order valence-corrected chi connectivity index (χ3v) is 0.822. The van der Waals surface area contributed by atoms with E-state index in [9.17, 15) is 10.1 Å². The van der Waals surface area contributed by atoms with Gasteiger partial charge in [-0.3, -0.25) is 0 Å². The fourth-order valence-corrected chi connectivity index (χ4v) is 0.452. The lowest BCUT2D eigenvalue weighted by Gasteiger charge is -1.82. The monoisotopic (exact) mass is 157 g/mol. The fourth-order valence-electron chi connectivity index (χ4n) is 0.452. The van der Waals surface area contributed by atoms with Crippen molar-refractivity contribution in [2.45, 2.75) is 0 Å². The van der Waals surface area contributed by atoms with Gasteiger partial charge in [0.05, 0.1) is 0 Å². The minimum absolute atomic E-state index is 0.225. The topological polar surface area (TPSA) is 107 Å². The summed E-state index contributed by atoms with van der Waals surface area (Å²) in [5, 5.41) is 22.8. The summed E-state index contributed by atoms with van der Waals surface area (Å²) in [5.74, 6) is -0.756. The summed E-state index contributed by atoms with van der Waals surface area (Å²) in [6.45, 7) is 0. The highest BCUT2D eigenvalue weighted by molar-refractivity contribution is 5.41. The van der Waals surface area contributed by atoms with Crippen molar-refractivity contribution in [2.24, 2.45) is 10.2 Å². The maximum absolute atomic E-state index is 10.1. The van der Waals surface area contributed by atoms with E-state index in [0.29, 0.717) is 0 Å². The Morgan fingerprint density at radius 3 is 2.91 bits per heavy atom. The van der Waals surface area contributed by atoms with Crippen LogP contribution in [0.3, 0.4) is 0 Å². The van der Waals surface area contributed by atoms with E-state index in [1.165, 1.54) is 7.05 Å². The molecule has 1 rings (SSSR count). The zero-order chi connectivity index (χ0) is 8.27. The van der Waals surface area contributed by atoms with Crippen LogP contribution in [0.25, 0.3) is 0 Å². The second-order valence-electron chi connectivity index (χ2n) is 1.47. The number of aromatic nitrogens is 2. The Bertz CT molecular complexity index is 291. The Kier molecular flexibility index (Phi) is 1.86. The largest absolute Gasteiger partial charge is 0.462 e. The molecule has 0 bridgehead atoms. The first-order valence-electron chi connectivity index (χ1n) is 2.52. The Balaban J connectivity index is 3.05. The molecule has 8 heteroatoms. The summed E-state index contributed by atoms with van der Waals surface area (Å²) < 4.78 is 4.06. The normalized spacial score (nSPS) is 10.6. The van der Waals surface area contributed by atoms with Crippen LogP contribution in [0.2, 0.25) is 0 Å². The first-order chi connectivity index (χ1) is 5.25. The Labute approximate surface area is 60.0 Å². The Morgan fingerprint density at radius 2 is 2.36 bits per heavy atom. The molecule has 8 nitrogen and oxygen atoms in total. The molecular weight excluding hydrogens is 154 g/mol. The van der Waals surface area contributed by atoms with E-state index >= 15 is 0 Å². The molecule has 0 saturated heterocycles. The van der Waals surface area contributed by atoms with Crippen molar-refractivity contribution in [1.29, 1.82) is 0 Å². The highest BCUT2D eigenvalue weighted by Gasteiger charge is 2.21. The van der Waals surface area contributed by atoms with Gasteiger partial charge in [-0.1, -0.05) is 0 Å². The predicted molar refractivity (Wildman–Crippen MR) is 31.4 cm³/mol. The van der Waals surface area contributed by atoms with E-state index in [2.05, 4.69) is 25.2 Å². The third-order valence-electron chi connectivity index (χ3n) is 0.822. The van der Waals surface area contributed by atoms with Gasteiger partial charge in [-0.25, -0.2) is 0 Å². The van der Waals surface area contributed by atoms with Crippen LogP contribution in [-0.2, 0) is 0 Å². The van der Waals surface area contributed by atoms with Gasteiger partial charge in [-0.2, -0.15) is 5.11 Å². The van der Waals surface area contributed by atoms with Crippen molar-refractivity contribution in [1.82, 2.24) is 10.3 Å². The van der Waals surface area contributed by atoms with Crippen molar-refractivity contribution >= 4 is 11.6 Å². The van der Waals surface area contributed by atoms with E-state index in [1.54, 1.807) is 0 Å². The van der Waals surface area contributed by atoms with E-state index in [-0.39, 0.29) is 5.82 Å². The molecule has 1 aromatic heterocycles. The average Bonchev–Trinajstić information content (AvgIpc) is 2.36. The third kappa shape index (κ3) is 1.34. The van der Waals surface area contributed by atoms with E-state index in [4.69, 9.17) is 0 Å². The van der Waals surface area contributed by atoms with E-state index < -0.39 is 10.7 Å². The number of rotatable bonds is 2. The molecular formula is C3H3N5O3. The van der Waals surface area contributed by atoms with Crippen LogP contribution < -0.4 is 0 Å². The van der Waals surface area contributed by atoms with Crippen LogP contribution in [0.1, 0.15) is 0 Å². The van der Waals surface area contributed by atoms with Crippen LogP contribution in [0.4, 0.5) is 11.6 Å². The number of nitrogens with zero attached hydrogens (tertiary/aromatic N) is 5. The smallest absolute Gasteiger partial charge is 0.358 e. The molecule has 0 fully saturated rings. The maximum Gasteiger partial charge on any atom is 0.462 e. The lowest BCUT2D eigenvalue weighted by molar-refractivity contribution is -0.390. The number of hydrogen-bond acceptors (Lipinski definition) is 7. The van der Waals surface area contributed by atoms with Gasteiger partial charge < -0.3 is 10.1 Å². The molecule has 0 aliphatic rings. The van der Waals surface area contributed by atoms with E-state index in [1.807, 2.05) is 0 Å².